The van der Waals surface area contributed by atoms with Gasteiger partial charge in [0.15, 0.2) is 6.10 Å². The largest absolute Gasteiger partial charge is 0.455 e. The van der Waals surface area contributed by atoms with Gasteiger partial charge in [-0.2, -0.15) is 0 Å². The van der Waals surface area contributed by atoms with Crippen LogP contribution < -0.4 is 0 Å². The Morgan fingerprint density at radius 3 is 2.28 bits per heavy atom. The maximum absolute atomic E-state index is 11.1. The van der Waals surface area contributed by atoms with Gasteiger partial charge in [0, 0.05) is 19.8 Å². The molecule has 0 aromatic heterocycles. The van der Waals surface area contributed by atoms with Crippen molar-refractivity contribution in [2.75, 3.05) is 0 Å². The minimum Gasteiger partial charge on any atom is -0.455 e. The van der Waals surface area contributed by atoms with Gasteiger partial charge in [-0.25, -0.2) is 0 Å². The average molecular weight is 256 g/mol. The molecule has 2 unspecified atom stereocenters. The number of esters is 2. The number of carbonyl (C=O) groups is 2. The summed E-state index contributed by atoms with van der Waals surface area (Å²) < 4.78 is 16.0. The van der Waals surface area contributed by atoms with E-state index < -0.39 is 29.9 Å². The standard InChI is InChI=1S/C13H20O5/c1-6-13(7-2)8(3)11(16-9(4)14)12(18-13)17-10(5)15/h6,8,11-12H,1,7H2,2-5H3/t8-,11?,12?,13-/m1/s1. The first-order valence-electron chi connectivity index (χ1n) is 6.02. The highest BCUT2D eigenvalue weighted by molar-refractivity contribution is 5.67. The van der Waals surface area contributed by atoms with Gasteiger partial charge in [0.1, 0.15) is 0 Å². The lowest BCUT2D eigenvalue weighted by atomic mass is 9.85. The van der Waals surface area contributed by atoms with Crippen LogP contribution in [0.5, 0.6) is 0 Å². The SMILES string of the molecule is C=C[C@]1(CC)OC(OC(C)=O)C(OC(C)=O)[C@H]1C. The number of ether oxygens (including phenoxy) is 3. The molecule has 18 heavy (non-hydrogen) atoms. The predicted octanol–water partition coefficient (Wildman–Crippen LogP) is 1.81. The first-order valence-corrected chi connectivity index (χ1v) is 6.02. The van der Waals surface area contributed by atoms with E-state index in [2.05, 4.69) is 6.58 Å². The fourth-order valence-corrected chi connectivity index (χ4v) is 2.29. The Hall–Kier alpha value is -1.36. The van der Waals surface area contributed by atoms with E-state index in [0.717, 1.165) is 0 Å². The van der Waals surface area contributed by atoms with E-state index in [1.54, 1.807) is 6.08 Å². The van der Waals surface area contributed by atoms with Crippen molar-refractivity contribution in [3.05, 3.63) is 12.7 Å². The molecule has 0 bridgehead atoms. The molecule has 1 aliphatic rings. The van der Waals surface area contributed by atoms with Gasteiger partial charge < -0.3 is 14.2 Å². The Balaban J connectivity index is 2.97. The number of hydrogen-bond acceptors (Lipinski definition) is 5. The Morgan fingerprint density at radius 2 is 1.89 bits per heavy atom. The zero-order valence-corrected chi connectivity index (χ0v) is 11.3. The van der Waals surface area contributed by atoms with Gasteiger partial charge in [0.25, 0.3) is 0 Å². The second-order valence-electron chi connectivity index (χ2n) is 4.47. The number of hydrogen-bond donors (Lipinski definition) is 0. The molecular formula is C13H20O5. The van der Waals surface area contributed by atoms with Gasteiger partial charge in [-0.1, -0.05) is 19.9 Å². The molecule has 0 saturated carbocycles. The predicted molar refractivity (Wildman–Crippen MR) is 64.6 cm³/mol. The second-order valence-corrected chi connectivity index (χ2v) is 4.47. The van der Waals surface area contributed by atoms with Crippen molar-refractivity contribution in [2.24, 2.45) is 5.92 Å². The smallest absolute Gasteiger partial charge is 0.305 e. The van der Waals surface area contributed by atoms with E-state index >= 15 is 0 Å². The van der Waals surface area contributed by atoms with Crippen LogP contribution >= 0.6 is 0 Å². The molecule has 1 aliphatic heterocycles. The van der Waals surface area contributed by atoms with Crippen molar-refractivity contribution in [1.82, 2.24) is 0 Å². The van der Waals surface area contributed by atoms with Crippen molar-refractivity contribution in [1.29, 1.82) is 0 Å². The molecule has 1 rings (SSSR count). The summed E-state index contributed by atoms with van der Waals surface area (Å²) in [5.41, 5.74) is -0.639. The summed E-state index contributed by atoms with van der Waals surface area (Å²) in [5, 5.41) is 0. The number of carbonyl (C=O) groups excluding carboxylic acids is 2. The molecule has 5 heteroatoms. The van der Waals surface area contributed by atoms with Gasteiger partial charge in [-0.05, 0) is 6.42 Å². The van der Waals surface area contributed by atoms with E-state index in [9.17, 15) is 9.59 Å². The second kappa shape index (κ2) is 5.52. The molecule has 0 aromatic rings. The van der Waals surface area contributed by atoms with Crippen LogP contribution in [0.4, 0.5) is 0 Å². The zero-order valence-electron chi connectivity index (χ0n) is 11.3. The van der Waals surface area contributed by atoms with Crippen LogP contribution in [-0.2, 0) is 23.8 Å². The van der Waals surface area contributed by atoms with E-state index in [0.29, 0.717) is 6.42 Å². The molecule has 1 fully saturated rings. The summed E-state index contributed by atoms with van der Waals surface area (Å²) in [7, 11) is 0. The maximum Gasteiger partial charge on any atom is 0.305 e. The van der Waals surface area contributed by atoms with Gasteiger partial charge in [-0.3, -0.25) is 9.59 Å². The van der Waals surface area contributed by atoms with E-state index in [-0.39, 0.29) is 5.92 Å². The molecule has 0 radical (unpaired) electrons. The Morgan fingerprint density at radius 1 is 1.33 bits per heavy atom. The summed E-state index contributed by atoms with van der Waals surface area (Å²) in [4.78, 5) is 22.2. The summed E-state index contributed by atoms with van der Waals surface area (Å²) in [6, 6.07) is 0. The van der Waals surface area contributed by atoms with Crippen LogP contribution in [0.25, 0.3) is 0 Å². The molecule has 0 aromatic carbocycles. The minimum atomic E-state index is -0.876. The van der Waals surface area contributed by atoms with Crippen LogP contribution in [0.2, 0.25) is 0 Å². The van der Waals surface area contributed by atoms with Gasteiger partial charge >= 0.3 is 11.9 Å². The normalized spacial score (nSPS) is 35.0. The quantitative estimate of drug-likeness (QED) is 0.567. The maximum atomic E-state index is 11.1. The molecule has 0 aliphatic carbocycles. The highest BCUT2D eigenvalue weighted by Gasteiger charge is 2.53. The van der Waals surface area contributed by atoms with E-state index in [4.69, 9.17) is 14.2 Å². The molecule has 1 heterocycles. The first kappa shape index (κ1) is 14.7. The highest BCUT2D eigenvalue weighted by atomic mass is 16.7. The minimum absolute atomic E-state index is 0.131. The van der Waals surface area contributed by atoms with Crippen LogP contribution in [0.1, 0.15) is 34.1 Å². The lowest BCUT2D eigenvalue weighted by molar-refractivity contribution is -0.200. The van der Waals surface area contributed by atoms with E-state index in [1.807, 2.05) is 13.8 Å². The molecule has 5 nitrogen and oxygen atoms in total. The molecule has 0 N–H and O–H groups in total. The monoisotopic (exact) mass is 256 g/mol. The summed E-state index contributed by atoms with van der Waals surface area (Å²) in [5.74, 6) is -1.03. The van der Waals surface area contributed by atoms with Gasteiger partial charge in [-0.15, -0.1) is 6.58 Å². The third-order valence-corrected chi connectivity index (χ3v) is 3.35. The Bertz CT molecular complexity index is 351. The summed E-state index contributed by atoms with van der Waals surface area (Å²) in [6.45, 7) is 10.2. The van der Waals surface area contributed by atoms with Crippen LogP contribution in [-0.4, -0.2) is 29.9 Å². The lowest BCUT2D eigenvalue weighted by Crippen LogP contribution is -2.36. The van der Waals surface area contributed by atoms with Crippen molar-refractivity contribution < 1.29 is 23.8 Å². The average Bonchev–Trinajstić information content (AvgIpc) is 2.53. The first-order chi connectivity index (χ1) is 8.36. The van der Waals surface area contributed by atoms with Crippen molar-refractivity contribution in [3.8, 4) is 0 Å². The zero-order chi connectivity index (χ0) is 13.9. The summed E-state index contributed by atoms with van der Waals surface area (Å²) in [6.07, 6.45) is 0.855. The molecular weight excluding hydrogens is 236 g/mol. The fraction of sp³-hybridized carbons (Fsp3) is 0.692. The topological polar surface area (TPSA) is 61.8 Å². The van der Waals surface area contributed by atoms with Crippen molar-refractivity contribution in [3.63, 3.8) is 0 Å². The summed E-state index contributed by atoms with van der Waals surface area (Å²) >= 11 is 0. The van der Waals surface area contributed by atoms with Crippen molar-refractivity contribution in [2.45, 2.75) is 52.1 Å². The lowest BCUT2D eigenvalue weighted by Gasteiger charge is -2.27. The van der Waals surface area contributed by atoms with Gasteiger partial charge in [0.05, 0.1) is 5.60 Å². The third-order valence-electron chi connectivity index (χ3n) is 3.35. The molecule has 0 spiro atoms. The van der Waals surface area contributed by atoms with Crippen LogP contribution in [0, 0.1) is 5.92 Å². The molecule has 1 saturated heterocycles. The fourth-order valence-electron chi connectivity index (χ4n) is 2.29. The van der Waals surface area contributed by atoms with Gasteiger partial charge in [0.2, 0.25) is 6.29 Å². The Labute approximate surface area is 107 Å². The molecule has 0 amide bonds. The van der Waals surface area contributed by atoms with Crippen LogP contribution in [0.3, 0.4) is 0 Å². The number of rotatable bonds is 4. The third kappa shape index (κ3) is 2.72. The van der Waals surface area contributed by atoms with Crippen molar-refractivity contribution >= 4 is 11.9 Å². The molecule has 102 valence electrons. The Kier molecular flexibility index (Phi) is 4.51. The van der Waals surface area contributed by atoms with Crippen LogP contribution in [0.15, 0.2) is 12.7 Å². The highest BCUT2D eigenvalue weighted by Crippen LogP contribution is 2.41. The van der Waals surface area contributed by atoms with E-state index in [1.165, 1.54) is 13.8 Å². The molecule has 4 atom stereocenters.